The van der Waals surface area contributed by atoms with Crippen molar-refractivity contribution < 1.29 is 32.7 Å². The first-order chi connectivity index (χ1) is 12.5. The largest absolute Gasteiger partial charge is 0.497 e. The molecular weight excluding hydrogens is 375 g/mol. The maximum atomic E-state index is 12.9. The number of sulfonamides is 1. The average Bonchev–Trinajstić information content (AvgIpc) is 2.59. The number of hydrogen-bond acceptors (Lipinski definition) is 7. The van der Waals surface area contributed by atoms with Crippen LogP contribution in [-0.4, -0.2) is 79.8 Å². The molecule has 0 bridgehead atoms. The van der Waals surface area contributed by atoms with Crippen molar-refractivity contribution >= 4 is 28.7 Å². The first kappa shape index (κ1) is 21.5. The molecule has 0 aliphatic carbocycles. The van der Waals surface area contributed by atoms with Crippen LogP contribution in [-0.2, 0) is 14.8 Å². The summed E-state index contributed by atoms with van der Waals surface area (Å²) in [5.41, 5.74) is -0.656. The number of rotatable bonds is 4. The molecule has 27 heavy (non-hydrogen) atoms. The SMILES string of the molecule is COc1ccc(S(=O)(=O)N2CCN(C(=O)OC(C)(C)C)CC2)cc1B(O)O. The number of nitrogens with zero attached hydrogens (tertiary/aromatic N) is 2. The van der Waals surface area contributed by atoms with Crippen LogP contribution in [0.5, 0.6) is 5.75 Å². The Labute approximate surface area is 159 Å². The third kappa shape index (κ3) is 5.13. The van der Waals surface area contributed by atoms with Gasteiger partial charge in [0.1, 0.15) is 11.4 Å². The summed E-state index contributed by atoms with van der Waals surface area (Å²) in [6.07, 6.45) is -0.477. The fourth-order valence-electron chi connectivity index (χ4n) is 2.66. The van der Waals surface area contributed by atoms with Gasteiger partial charge in [0, 0.05) is 31.6 Å². The van der Waals surface area contributed by atoms with Gasteiger partial charge in [-0.25, -0.2) is 13.2 Å². The molecule has 1 fully saturated rings. The van der Waals surface area contributed by atoms with Gasteiger partial charge in [0.05, 0.1) is 12.0 Å². The Kier molecular flexibility index (Phi) is 6.41. The van der Waals surface area contributed by atoms with E-state index in [1.807, 2.05) is 0 Å². The minimum atomic E-state index is -3.85. The number of amides is 1. The highest BCUT2D eigenvalue weighted by atomic mass is 32.2. The van der Waals surface area contributed by atoms with Crippen molar-refractivity contribution in [2.75, 3.05) is 33.3 Å². The molecule has 0 unspecified atom stereocenters. The summed E-state index contributed by atoms with van der Waals surface area (Å²) in [4.78, 5) is 13.5. The van der Waals surface area contributed by atoms with Gasteiger partial charge in [0.2, 0.25) is 10.0 Å². The zero-order valence-electron chi connectivity index (χ0n) is 15.9. The Hall–Kier alpha value is -1.82. The van der Waals surface area contributed by atoms with E-state index in [9.17, 15) is 23.3 Å². The molecular formula is C16H25BN2O7S. The third-order valence-electron chi connectivity index (χ3n) is 4.01. The zero-order valence-corrected chi connectivity index (χ0v) is 16.7. The standard InChI is InChI=1S/C16H25BN2O7S/c1-16(2,3)26-15(20)18-7-9-19(10-8-18)27(23,24)12-5-6-14(25-4)13(11-12)17(21)22/h5-6,11,21-22H,7-10H2,1-4H3. The Morgan fingerprint density at radius 1 is 1.15 bits per heavy atom. The van der Waals surface area contributed by atoms with Crippen molar-refractivity contribution in [2.24, 2.45) is 0 Å². The topological polar surface area (TPSA) is 117 Å². The van der Waals surface area contributed by atoms with E-state index < -0.39 is 28.8 Å². The highest BCUT2D eigenvalue weighted by Crippen LogP contribution is 2.20. The van der Waals surface area contributed by atoms with Crippen molar-refractivity contribution in [3.05, 3.63) is 18.2 Å². The number of benzene rings is 1. The van der Waals surface area contributed by atoms with Crippen molar-refractivity contribution in [2.45, 2.75) is 31.3 Å². The number of ether oxygens (including phenoxy) is 2. The van der Waals surface area contributed by atoms with Crippen LogP contribution in [0.1, 0.15) is 20.8 Å². The van der Waals surface area contributed by atoms with Gasteiger partial charge in [-0.2, -0.15) is 4.31 Å². The van der Waals surface area contributed by atoms with Crippen molar-refractivity contribution in [3.63, 3.8) is 0 Å². The van der Waals surface area contributed by atoms with E-state index in [0.717, 1.165) is 0 Å². The predicted molar refractivity (Wildman–Crippen MR) is 99.4 cm³/mol. The Morgan fingerprint density at radius 2 is 1.74 bits per heavy atom. The number of carbonyl (C=O) groups is 1. The Balaban J connectivity index is 2.13. The lowest BCUT2D eigenvalue weighted by Crippen LogP contribution is -2.51. The molecule has 1 amide bonds. The second kappa shape index (κ2) is 8.05. The maximum absolute atomic E-state index is 12.9. The maximum Gasteiger partial charge on any atom is 0.492 e. The van der Waals surface area contributed by atoms with E-state index in [4.69, 9.17) is 9.47 Å². The van der Waals surface area contributed by atoms with Crippen molar-refractivity contribution in [1.29, 1.82) is 0 Å². The summed E-state index contributed by atoms with van der Waals surface area (Å²) < 4.78 is 37.3. The molecule has 11 heteroatoms. The fourth-order valence-corrected chi connectivity index (χ4v) is 4.12. The van der Waals surface area contributed by atoms with Gasteiger partial charge >= 0.3 is 13.2 Å². The van der Waals surface area contributed by atoms with Crippen LogP contribution in [0, 0.1) is 0 Å². The molecule has 150 valence electrons. The van der Waals surface area contributed by atoms with Gasteiger partial charge in [-0.3, -0.25) is 0 Å². The lowest BCUT2D eigenvalue weighted by Gasteiger charge is -2.35. The summed E-state index contributed by atoms with van der Waals surface area (Å²) in [7, 11) is -4.36. The third-order valence-corrected chi connectivity index (χ3v) is 5.90. The van der Waals surface area contributed by atoms with E-state index in [1.165, 1.54) is 34.5 Å². The Morgan fingerprint density at radius 3 is 2.22 bits per heavy atom. The smallest absolute Gasteiger partial charge is 0.492 e. The number of hydrogen-bond donors (Lipinski definition) is 2. The summed E-state index contributed by atoms with van der Waals surface area (Å²) >= 11 is 0. The molecule has 1 aliphatic heterocycles. The van der Waals surface area contributed by atoms with Crippen LogP contribution in [0.25, 0.3) is 0 Å². The minimum Gasteiger partial charge on any atom is -0.497 e. The molecule has 0 saturated carbocycles. The zero-order chi connectivity index (χ0) is 20.4. The Bertz CT molecular complexity index is 784. The molecule has 1 aromatic carbocycles. The number of methoxy groups -OCH3 is 1. The van der Waals surface area contributed by atoms with Gasteiger partial charge < -0.3 is 24.4 Å². The second-order valence-corrected chi connectivity index (χ2v) is 9.09. The van der Waals surface area contributed by atoms with Crippen LogP contribution in [0.2, 0.25) is 0 Å². The van der Waals surface area contributed by atoms with Crippen LogP contribution >= 0.6 is 0 Å². The normalized spacial score (nSPS) is 16.1. The van der Waals surface area contributed by atoms with Crippen LogP contribution in [0.3, 0.4) is 0 Å². The fraction of sp³-hybridized carbons (Fsp3) is 0.562. The molecule has 2 N–H and O–H groups in total. The number of carbonyl (C=O) groups excluding carboxylic acids is 1. The van der Waals surface area contributed by atoms with Crippen molar-refractivity contribution in [1.82, 2.24) is 9.21 Å². The van der Waals surface area contributed by atoms with E-state index in [1.54, 1.807) is 20.8 Å². The van der Waals surface area contributed by atoms with E-state index in [-0.39, 0.29) is 42.3 Å². The van der Waals surface area contributed by atoms with Gasteiger partial charge in [-0.1, -0.05) is 0 Å². The quantitative estimate of drug-likeness (QED) is 0.662. The molecule has 1 saturated heterocycles. The molecule has 9 nitrogen and oxygen atoms in total. The summed E-state index contributed by atoms with van der Waals surface area (Å²) in [6, 6.07) is 3.90. The molecule has 1 aromatic rings. The lowest BCUT2D eigenvalue weighted by atomic mass is 9.79. The highest BCUT2D eigenvalue weighted by Gasteiger charge is 2.33. The molecule has 0 radical (unpaired) electrons. The molecule has 0 atom stereocenters. The van der Waals surface area contributed by atoms with Gasteiger partial charge in [0.25, 0.3) is 0 Å². The second-order valence-electron chi connectivity index (χ2n) is 7.15. The van der Waals surface area contributed by atoms with Gasteiger partial charge in [-0.05, 0) is 39.0 Å². The van der Waals surface area contributed by atoms with E-state index >= 15 is 0 Å². The molecule has 0 aromatic heterocycles. The highest BCUT2D eigenvalue weighted by molar-refractivity contribution is 7.89. The van der Waals surface area contributed by atoms with Crippen LogP contribution in [0.4, 0.5) is 4.79 Å². The lowest BCUT2D eigenvalue weighted by molar-refractivity contribution is 0.0192. The summed E-state index contributed by atoms with van der Waals surface area (Å²) in [6.45, 7) is 5.95. The van der Waals surface area contributed by atoms with E-state index in [0.29, 0.717) is 0 Å². The average molecular weight is 400 g/mol. The summed E-state index contributed by atoms with van der Waals surface area (Å²) in [5.74, 6) is 0.179. The van der Waals surface area contributed by atoms with E-state index in [2.05, 4.69) is 0 Å². The first-order valence-corrected chi connectivity index (χ1v) is 9.92. The first-order valence-electron chi connectivity index (χ1n) is 8.48. The molecule has 1 aliphatic rings. The predicted octanol–water partition coefficient (Wildman–Crippen LogP) is -0.384. The molecule has 1 heterocycles. The van der Waals surface area contributed by atoms with Crippen molar-refractivity contribution in [3.8, 4) is 5.75 Å². The minimum absolute atomic E-state index is 0.0361. The molecule has 2 rings (SSSR count). The van der Waals surface area contributed by atoms with Gasteiger partial charge in [0.15, 0.2) is 0 Å². The van der Waals surface area contributed by atoms with Crippen LogP contribution in [0.15, 0.2) is 23.1 Å². The van der Waals surface area contributed by atoms with Gasteiger partial charge in [-0.15, -0.1) is 0 Å². The monoisotopic (exact) mass is 400 g/mol. The number of piperazine rings is 1. The summed E-state index contributed by atoms with van der Waals surface area (Å²) in [5, 5.41) is 18.9. The molecule has 0 spiro atoms. The van der Waals surface area contributed by atoms with Crippen LogP contribution < -0.4 is 10.2 Å².